The number of H-pyrrole nitrogens is 1. The Kier molecular flexibility index (Phi) is 3.51. The molecular formula is C15H16N4O4. The Bertz CT molecular complexity index is 799. The van der Waals surface area contributed by atoms with Gasteiger partial charge >= 0.3 is 5.69 Å². The summed E-state index contributed by atoms with van der Waals surface area (Å²) in [6.07, 6.45) is -0.215. The predicted octanol–water partition coefficient (Wildman–Crippen LogP) is 2.36. The zero-order valence-corrected chi connectivity index (χ0v) is 13.0. The molecule has 0 fully saturated rings. The molecule has 0 saturated heterocycles. The molecule has 1 N–H and O–H groups in total. The SMILES string of the molecule is Cc1ccc2c(c1)N(C(=O)c1n[nH]c(C)c1[N+](=O)[O-])CC(C)O2. The Labute approximate surface area is 132 Å². The van der Waals surface area contributed by atoms with Gasteiger partial charge in [-0.15, -0.1) is 0 Å². The first-order valence-electron chi connectivity index (χ1n) is 7.17. The number of amides is 1. The van der Waals surface area contributed by atoms with Crippen LogP contribution in [0.3, 0.4) is 0 Å². The number of aromatic nitrogens is 2. The van der Waals surface area contributed by atoms with Gasteiger partial charge in [0.2, 0.25) is 5.69 Å². The molecule has 1 atom stereocenters. The Morgan fingerprint density at radius 2 is 2.22 bits per heavy atom. The highest BCUT2D eigenvalue weighted by molar-refractivity contribution is 6.08. The van der Waals surface area contributed by atoms with Crippen LogP contribution in [0, 0.1) is 24.0 Å². The largest absolute Gasteiger partial charge is 0.487 e. The number of aryl methyl sites for hydroxylation is 2. The van der Waals surface area contributed by atoms with Crippen LogP contribution in [0.2, 0.25) is 0 Å². The highest BCUT2D eigenvalue weighted by Crippen LogP contribution is 2.36. The second-order valence-corrected chi connectivity index (χ2v) is 5.62. The van der Waals surface area contributed by atoms with Crippen LogP contribution in [-0.2, 0) is 0 Å². The van der Waals surface area contributed by atoms with E-state index in [1.54, 1.807) is 6.07 Å². The zero-order valence-electron chi connectivity index (χ0n) is 13.0. The number of carbonyl (C=O) groups excluding carboxylic acids is 1. The van der Waals surface area contributed by atoms with Gasteiger partial charge in [0.25, 0.3) is 5.91 Å². The lowest BCUT2D eigenvalue weighted by atomic mass is 10.1. The molecule has 1 aliphatic rings. The summed E-state index contributed by atoms with van der Waals surface area (Å²) in [6.45, 7) is 5.57. The van der Waals surface area contributed by atoms with Gasteiger partial charge < -0.3 is 4.74 Å². The maximum atomic E-state index is 12.8. The van der Waals surface area contributed by atoms with Crippen LogP contribution >= 0.6 is 0 Å². The lowest BCUT2D eigenvalue weighted by molar-refractivity contribution is -0.385. The number of hydrogen-bond acceptors (Lipinski definition) is 5. The number of nitrogens with one attached hydrogen (secondary N) is 1. The molecule has 2 heterocycles. The number of nitrogens with zero attached hydrogens (tertiary/aromatic N) is 3. The van der Waals surface area contributed by atoms with E-state index < -0.39 is 10.8 Å². The van der Waals surface area contributed by atoms with Crippen LogP contribution in [-0.4, -0.2) is 33.7 Å². The minimum absolute atomic E-state index is 0.186. The van der Waals surface area contributed by atoms with Crippen molar-refractivity contribution in [3.8, 4) is 5.75 Å². The summed E-state index contributed by atoms with van der Waals surface area (Å²) in [5, 5.41) is 17.6. The molecule has 1 aromatic heterocycles. The van der Waals surface area contributed by atoms with Crippen molar-refractivity contribution in [3.05, 3.63) is 45.3 Å². The summed E-state index contributed by atoms with van der Waals surface area (Å²) in [4.78, 5) is 24.9. The molecule has 120 valence electrons. The highest BCUT2D eigenvalue weighted by atomic mass is 16.6. The zero-order chi connectivity index (χ0) is 16.7. The molecule has 2 aromatic rings. The highest BCUT2D eigenvalue weighted by Gasteiger charge is 2.35. The predicted molar refractivity (Wildman–Crippen MR) is 82.9 cm³/mol. The average molecular weight is 316 g/mol. The van der Waals surface area contributed by atoms with Crippen molar-refractivity contribution in [3.63, 3.8) is 0 Å². The third-order valence-corrected chi connectivity index (χ3v) is 3.72. The number of nitro groups is 1. The van der Waals surface area contributed by atoms with Gasteiger partial charge in [-0.2, -0.15) is 5.10 Å². The molecular weight excluding hydrogens is 300 g/mol. The Balaban J connectivity index is 2.07. The van der Waals surface area contributed by atoms with Gasteiger partial charge in [-0.25, -0.2) is 0 Å². The Morgan fingerprint density at radius 1 is 1.48 bits per heavy atom. The van der Waals surface area contributed by atoms with Crippen molar-refractivity contribution < 1.29 is 14.5 Å². The third kappa shape index (κ3) is 2.52. The van der Waals surface area contributed by atoms with Crippen molar-refractivity contribution >= 4 is 17.3 Å². The molecule has 0 bridgehead atoms. The molecule has 8 heteroatoms. The molecule has 1 amide bonds. The first kappa shape index (κ1) is 15.0. The summed E-state index contributed by atoms with van der Waals surface area (Å²) in [6, 6.07) is 5.51. The Hall–Kier alpha value is -2.90. The van der Waals surface area contributed by atoms with Crippen LogP contribution in [0.5, 0.6) is 5.75 Å². The van der Waals surface area contributed by atoms with E-state index in [4.69, 9.17) is 4.74 Å². The van der Waals surface area contributed by atoms with Gasteiger partial charge in [0, 0.05) is 0 Å². The second-order valence-electron chi connectivity index (χ2n) is 5.62. The first-order chi connectivity index (χ1) is 10.9. The molecule has 0 spiro atoms. The number of ether oxygens (including phenoxy) is 1. The van der Waals surface area contributed by atoms with Crippen LogP contribution < -0.4 is 9.64 Å². The topological polar surface area (TPSA) is 101 Å². The number of benzene rings is 1. The molecule has 1 unspecified atom stereocenters. The smallest absolute Gasteiger partial charge is 0.322 e. The van der Waals surface area contributed by atoms with Gasteiger partial charge in [-0.3, -0.25) is 24.9 Å². The van der Waals surface area contributed by atoms with Crippen molar-refractivity contribution in [1.82, 2.24) is 10.2 Å². The number of carbonyl (C=O) groups is 1. The van der Waals surface area contributed by atoms with E-state index in [9.17, 15) is 14.9 Å². The second kappa shape index (κ2) is 5.38. The van der Waals surface area contributed by atoms with E-state index in [2.05, 4.69) is 10.2 Å². The molecule has 3 rings (SSSR count). The van der Waals surface area contributed by atoms with E-state index in [1.165, 1.54) is 11.8 Å². The van der Waals surface area contributed by atoms with E-state index in [0.717, 1.165) is 5.56 Å². The minimum Gasteiger partial charge on any atom is -0.487 e. The summed E-state index contributed by atoms with van der Waals surface area (Å²) < 4.78 is 5.73. The summed E-state index contributed by atoms with van der Waals surface area (Å²) >= 11 is 0. The number of fused-ring (bicyclic) bond motifs is 1. The maximum absolute atomic E-state index is 12.8. The summed E-state index contributed by atoms with van der Waals surface area (Å²) in [5.74, 6) is 0.0701. The average Bonchev–Trinajstić information content (AvgIpc) is 2.88. The normalized spacial score (nSPS) is 16.7. The van der Waals surface area contributed by atoms with Gasteiger partial charge in [0.05, 0.1) is 17.2 Å². The quantitative estimate of drug-likeness (QED) is 0.677. The summed E-state index contributed by atoms with van der Waals surface area (Å²) in [7, 11) is 0. The van der Waals surface area contributed by atoms with E-state index >= 15 is 0 Å². The lowest BCUT2D eigenvalue weighted by Crippen LogP contribution is -2.42. The van der Waals surface area contributed by atoms with Gasteiger partial charge in [0.15, 0.2) is 0 Å². The number of rotatable bonds is 2. The lowest BCUT2D eigenvalue weighted by Gasteiger charge is -2.33. The molecule has 0 aliphatic carbocycles. The van der Waals surface area contributed by atoms with Gasteiger partial charge in [0.1, 0.15) is 17.5 Å². The van der Waals surface area contributed by atoms with Crippen molar-refractivity contribution in [2.75, 3.05) is 11.4 Å². The fourth-order valence-electron chi connectivity index (χ4n) is 2.66. The number of anilines is 1. The van der Waals surface area contributed by atoms with Crippen LogP contribution in [0.15, 0.2) is 18.2 Å². The molecule has 1 aromatic carbocycles. The minimum atomic E-state index is -0.590. The Morgan fingerprint density at radius 3 is 2.91 bits per heavy atom. The van der Waals surface area contributed by atoms with Gasteiger partial charge in [-0.1, -0.05) is 6.07 Å². The standard InChI is InChI=1S/C15H16N4O4/c1-8-4-5-12-11(6-8)18(7-9(2)23-12)15(20)13-14(19(21)22)10(3)16-17-13/h4-6,9H,7H2,1-3H3,(H,16,17). The molecule has 0 radical (unpaired) electrons. The number of hydrogen-bond donors (Lipinski definition) is 1. The van der Waals surface area contributed by atoms with Crippen molar-refractivity contribution in [1.29, 1.82) is 0 Å². The summed E-state index contributed by atoms with van der Waals surface area (Å²) in [5.41, 5.74) is 1.34. The first-order valence-corrected chi connectivity index (χ1v) is 7.17. The van der Waals surface area contributed by atoms with Crippen molar-refractivity contribution in [2.45, 2.75) is 26.9 Å². The van der Waals surface area contributed by atoms with Crippen LogP contribution in [0.4, 0.5) is 11.4 Å². The molecule has 8 nitrogen and oxygen atoms in total. The molecule has 23 heavy (non-hydrogen) atoms. The number of aromatic amines is 1. The van der Waals surface area contributed by atoms with Crippen molar-refractivity contribution in [2.24, 2.45) is 0 Å². The maximum Gasteiger partial charge on any atom is 0.322 e. The van der Waals surface area contributed by atoms with E-state index in [-0.39, 0.29) is 23.2 Å². The van der Waals surface area contributed by atoms with E-state index in [1.807, 2.05) is 26.0 Å². The fraction of sp³-hybridized carbons (Fsp3) is 0.333. The van der Waals surface area contributed by atoms with Crippen LogP contribution in [0.25, 0.3) is 0 Å². The van der Waals surface area contributed by atoms with Gasteiger partial charge in [-0.05, 0) is 38.5 Å². The molecule has 0 saturated carbocycles. The van der Waals surface area contributed by atoms with Crippen LogP contribution in [0.1, 0.15) is 28.7 Å². The third-order valence-electron chi connectivity index (χ3n) is 3.72. The fourth-order valence-corrected chi connectivity index (χ4v) is 2.66. The molecule has 1 aliphatic heterocycles. The monoisotopic (exact) mass is 316 g/mol. The van der Waals surface area contributed by atoms with E-state index in [0.29, 0.717) is 18.0 Å².